The second-order valence-electron chi connectivity index (χ2n) is 0.986. The van der Waals surface area contributed by atoms with Gasteiger partial charge in [-0.25, -0.2) is 4.98 Å². The molecule has 1 heterocycles. The maximum Gasteiger partial charge on any atom is 0.433 e. The Morgan fingerprint density at radius 2 is 2.20 bits per heavy atom. The molecule has 0 aliphatic rings. The van der Waals surface area contributed by atoms with E-state index in [4.69, 9.17) is 12.6 Å². The molecule has 10 heavy (non-hydrogen) atoms. The lowest BCUT2D eigenvalue weighted by Crippen LogP contribution is -2.30. The first-order valence-electron chi connectivity index (χ1n) is 1.92. The van der Waals surface area contributed by atoms with Crippen LogP contribution < -0.4 is 8.40 Å². The number of hydrogen-bond donors (Lipinski definition) is 1. The summed E-state index contributed by atoms with van der Waals surface area (Å²) in [6, 6.07) is 0. The van der Waals surface area contributed by atoms with Crippen molar-refractivity contribution >= 4 is 27.3 Å². The average molecular weight is 293 g/mol. The van der Waals surface area contributed by atoms with Crippen LogP contribution in [0.5, 0.6) is 0 Å². The lowest BCUT2D eigenvalue weighted by atomic mass is 11.0. The van der Waals surface area contributed by atoms with Gasteiger partial charge >= 0.3 is 14.8 Å². The van der Waals surface area contributed by atoms with E-state index in [1.54, 1.807) is 17.5 Å². The molecule has 0 unspecified atom stereocenters. The summed E-state index contributed by atoms with van der Waals surface area (Å²) in [5.74, 6) is 0. The highest BCUT2D eigenvalue weighted by Crippen LogP contribution is 2.10. The number of aromatic nitrogens is 1. The van der Waals surface area contributed by atoms with Crippen molar-refractivity contribution in [3.8, 4) is 0 Å². The van der Waals surface area contributed by atoms with Gasteiger partial charge in [-0.2, -0.15) is 0 Å². The molecule has 0 spiro atoms. The molecule has 1 aromatic rings. The van der Waals surface area contributed by atoms with Gasteiger partial charge in [-0.15, -0.1) is 11.3 Å². The summed E-state index contributed by atoms with van der Waals surface area (Å²) >= 11 is 1.38. The van der Waals surface area contributed by atoms with Crippen LogP contribution in [0.1, 0.15) is 0 Å². The smallest absolute Gasteiger partial charge is 0.372 e. The minimum atomic E-state index is -3.40. The van der Waals surface area contributed by atoms with Gasteiger partial charge in [-0.3, -0.25) is 0 Å². The summed E-state index contributed by atoms with van der Waals surface area (Å²) in [6.07, 6.45) is 1.76. The molecule has 0 aliphatic carbocycles. The van der Waals surface area contributed by atoms with Gasteiger partial charge in [-0.1, -0.05) is 0 Å². The second kappa shape index (κ2) is 6.20. The van der Waals surface area contributed by atoms with Crippen molar-refractivity contribution in [1.29, 1.82) is 0 Å². The SMILES string of the molecule is Brc1nccs1.[O-][Br+2]([O-])O. The number of halogens is 2. The van der Waals surface area contributed by atoms with Crippen molar-refractivity contribution in [2.75, 3.05) is 0 Å². The molecule has 4 nitrogen and oxygen atoms in total. The fourth-order valence-corrected chi connectivity index (χ4v) is 1.00. The fourth-order valence-electron chi connectivity index (χ4n) is 0.206. The van der Waals surface area contributed by atoms with Gasteiger partial charge in [-0.05, 0) is 20.1 Å². The highest BCUT2D eigenvalue weighted by atomic mass is 80.0. The van der Waals surface area contributed by atoms with Crippen molar-refractivity contribution in [1.82, 2.24) is 4.98 Å². The van der Waals surface area contributed by atoms with Crippen LogP contribution in [-0.4, -0.2) is 9.18 Å². The van der Waals surface area contributed by atoms with E-state index in [1.807, 2.05) is 5.38 Å². The molecule has 1 aromatic heterocycles. The van der Waals surface area contributed by atoms with Crippen LogP contribution in [0.4, 0.5) is 0 Å². The highest BCUT2D eigenvalue weighted by molar-refractivity contribution is 9.11. The van der Waals surface area contributed by atoms with Crippen LogP contribution in [0.15, 0.2) is 15.5 Å². The third-order valence-electron chi connectivity index (χ3n) is 0.402. The number of nitrogens with zero attached hydrogens (tertiary/aromatic N) is 1. The molecule has 0 amide bonds. The van der Waals surface area contributed by atoms with Gasteiger partial charge in [0.25, 0.3) is 0 Å². The van der Waals surface area contributed by atoms with Crippen LogP contribution >= 0.6 is 27.3 Å². The fraction of sp³-hybridized carbons (Fsp3) is 0. The molecule has 7 heteroatoms. The third-order valence-corrected chi connectivity index (χ3v) is 1.73. The topological polar surface area (TPSA) is 79.2 Å². The first-order valence-corrected chi connectivity index (χ1v) is 5.60. The lowest BCUT2D eigenvalue weighted by Gasteiger charge is -1.69. The molecule has 0 saturated carbocycles. The van der Waals surface area contributed by atoms with E-state index in [9.17, 15) is 0 Å². The Morgan fingerprint density at radius 3 is 2.30 bits per heavy atom. The molecular formula is C3H3Br2NO3S. The first-order chi connectivity index (χ1) is 4.63. The Balaban J connectivity index is 0.000000180. The predicted molar refractivity (Wildman–Crippen MR) is 32.0 cm³/mol. The van der Waals surface area contributed by atoms with Crippen molar-refractivity contribution in [3.63, 3.8) is 0 Å². The Morgan fingerprint density at radius 1 is 1.70 bits per heavy atom. The van der Waals surface area contributed by atoms with Crippen LogP contribution in [0.25, 0.3) is 0 Å². The molecule has 1 N–H and O–H groups in total. The molecule has 0 bridgehead atoms. The molecular weight excluding hydrogens is 290 g/mol. The molecule has 0 aliphatic heterocycles. The van der Waals surface area contributed by atoms with Crippen LogP contribution in [0, 0.1) is 14.8 Å². The second-order valence-corrected chi connectivity index (χ2v) is 4.00. The lowest BCUT2D eigenvalue weighted by molar-refractivity contribution is -1.63. The number of thiazole rings is 1. The Bertz CT molecular complexity index is 154. The monoisotopic (exact) mass is 291 g/mol. The van der Waals surface area contributed by atoms with Crippen molar-refractivity contribution < 1.29 is 27.4 Å². The van der Waals surface area contributed by atoms with Crippen molar-refractivity contribution in [3.05, 3.63) is 15.5 Å². The van der Waals surface area contributed by atoms with Gasteiger partial charge in [0.15, 0.2) is 3.92 Å². The van der Waals surface area contributed by atoms with Crippen LogP contribution in [0.2, 0.25) is 0 Å². The third kappa shape index (κ3) is 8.47. The first kappa shape index (κ1) is 10.5. The molecule has 0 saturated heterocycles. The summed E-state index contributed by atoms with van der Waals surface area (Å²) in [7, 11) is 0. The van der Waals surface area contributed by atoms with Gasteiger partial charge in [0.1, 0.15) is 0 Å². The van der Waals surface area contributed by atoms with E-state index < -0.39 is 14.8 Å². The predicted octanol–water partition coefficient (Wildman–Crippen LogP) is -1.03. The summed E-state index contributed by atoms with van der Waals surface area (Å²) in [5.41, 5.74) is 0. The van der Waals surface area contributed by atoms with Crippen LogP contribution in [-0.2, 0) is 0 Å². The number of rotatable bonds is 0. The summed E-state index contributed by atoms with van der Waals surface area (Å²) in [5, 5.41) is 1.92. The molecule has 58 valence electrons. The Labute approximate surface area is 75.1 Å². The van der Waals surface area contributed by atoms with E-state index >= 15 is 0 Å². The maximum atomic E-state index is 8.63. The van der Waals surface area contributed by atoms with E-state index in [0.29, 0.717) is 0 Å². The molecule has 0 atom stereocenters. The summed E-state index contributed by atoms with van der Waals surface area (Å²) in [4.78, 5) is 3.85. The average Bonchev–Trinajstić information content (AvgIpc) is 2.15. The standard InChI is InChI=1S/C3H2BrNS.BrHO3/c4-3-5-1-2-6-3;2-1(3)4/h1-2H;2H. The van der Waals surface area contributed by atoms with Gasteiger partial charge < -0.3 is 8.40 Å². The molecule has 1 rings (SSSR count). The molecule has 0 radical (unpaired) electrons. The van der Waals surface area contributed by atoms with E-state index in [1.165, 1.54) is 0 Å². The highest BCUT2D eigenvalue weighted by Gasteiger charge is 1.86. The van der Waals surface area contributed by atoms with Crippen LogP contribution in [0.3, 0.4) is 0 Å². The van der Waals surface area contributed by atoms with Crippen molar-refractivity contribution in [2.45, 2.75) is 0 Å². The molecule has 0 fully saturated rings. The van der Waals surface area contributed by atoms with E-state index in [-0.39, 0.29) is 0 Å². The zero-order valence-electron chi connectivity index (χ0n) is 4.53. The van der Waals surface area contributed by atoms with E-state index in [2.05, 4.69) is 20.9 Å². The van der Waals surface area contributed by atoms with Gasteiger partial charge in [0.2, 0.25) is 0 Å². The Hall–Kier alpha value is 0.470. The summed E-state index contributed by atoms with van der Waals surface area (Å²) in [6.45, 7) is 0. The quantitative estimate of drug-likeness (QED) is 0.663. The number of hydrogen-bond acceptors (Lipinski definition) is 5. The van der Waals surface area contributed by atoms with E-state index in [0.717, 1.165) is 3.92 Å². The molecule has 0 aromatic carbocycles. The zero-order chi connectivity index (χ0) is 7.98. The zero-order valence-corrected chi connectivity index (χ0v) is 8.52. The van der Waals surface area contributed by atoms with Crippen molar-refractivity contribution in [2.24, 2.45) is 0 Å². The Kier molecular flexibility index (Phi) is 6.49. The minimum absolute atomic E-state index is 0.947. The normalized spacial score (nSPS) is 8.90. The maximum absolute atomic E-state index is 8.63. The largest absolute Gasteiger partial charge is 0.433 e. The van der Waals surface area contributed by atoms with Gasteiger partial charge in [0.05, 0.1) is 0 Å². The summed E-state index contributed by atoms with van der Waals surface area (Å²) < 4.78 is 25.3. The van der Waals surface area contributed by atoms with Gasteiger partial charge in [0, 0.05) is 11.6 Å². The minimum Gasteiger partial charge on any atom is -0.372 e.